The molecule has 0 saturated heterocycles. The van der Waals surface area contributed by atoms with E-state index in [2.05, 4.69) is 6.07 Å². The second kappa shape index (κ2) is 7.01. The lowest BCUT2D eigenvalue weighted by molar-refractivity contribution is -0.137. The number of rotatable bonds is 6. The topological polar surface area (TPSA) is 64.3 Å². The van der Waals surface area contributed by atoms with E-state index in [-0.39, 0.29) is 12.5 Å². The minimum Gasteiger partial charge on any atom is -0.481 e. The number of nitrogens with zero attached hydrogens (tertiary/aromatic N) is 2. The molecule has 4 nitrogen and oxygen atoms in total. The van der Waals surface area contributed by atoms with E-state index in [0.29, 0.717) is 23.6 Å². The summed E-state index contributed by atoms with van der Waals surface area (Å²) in [6, 6.07) is 7.42. The first-order valence-electron chi connectivity index (χ1n) is 6.13. The van der Waals surface area contributed by atoms with Crippen LogP contribution < -0.4 is 4.90 Å². The highest BCUT2D eigenvalue weighted by Crippen LogP contribution is 2.26. The van der Waals surface area contributed by atoms with Gasteiger partial charge in [-0.2, -0.15) is 5.26 Å². The van der Waals surface area contributed by atoms with Gasteiger partial charge < -0.3 is 10.0 Å². The average Bonchev–Trinajstić information content (AvgIpc) is 2.34. The number of nitriles is 1. The minimum absolute atomic E-state index is 0.117. The fraction of sp³-hybridized carbons (Fsp3) is 0.429. The van der Waals surface area contributed by atoms with Crippen molar-refractivity contribution in [2.45, 2.75) is 32.7 Å². The van der Waals surface area contributed by atoms with Crippen LogP contribution in [-0.4, -0.2) is 23.7 Å². The zero-order chi connectivity index (χ0) is 14.4. The highest BCUT2D eigenvalue weighted by Gasteiger charge is 2.15. The Bertz CT molecular complexity index is 495. The van der Waals surface area contributed by atoms with Crippen LogP contribution in [0.2, 0.25) is 5.02 Å². The number of carbonyl (C=O) groups is 1. The lowest BCUT2D eigenvalue weighted by Crippen LogP contribution is -2.32. The van der Waals surface area contributed by atoms with Crippen molar-refractivity contribution in [2.24, 2.45) is 0 Å². The van der Waals surface area contributed by atoms with E-state index in [4.69, 9.17) is 22.0 Å². The van der Waals surface area contributed by atoms with Crippen LogP contribution in [0.15, 0.2) is 18.2 Å². The molecule has 0 aromatic heterocycles. The summed E-state index contributed by atoms with van der Waals surface area (Å²) in [6.45, 7) is 4.59. The van der Waals surface area contributed by atoms with Crippen LogP contribution in [0.3, 0.4) is 0 Å². The van der Waals surface area contributed by atoms with E-state index < -0.39 is 5.97 Å². The largest absolute Gasteiger partial charge is 0.481 e. The van der Waals surface area contributed by atoms with Gasteiger partial charge in [-0.1, -0.05) is 11.6 Å². The highest BCUT2D eigenvalue weighted by molar-refractivity contribution is 6.30. The Morgan fingerprint density at radius 3 is 2.74 bits per heavy atom. The first kappa shape index (κ1) is 15.3. The molecule has 0 atom stereocenters. The van der Waals surface area contributed by atoms with E-state index in [1.165, 1.54) is 0 Å². The van der Waals surface area contributed by atoms with Crippen molar-refractivity contribution in [1.82, 2.24) is 0 Å². The Morgan fingerprint density at radius 2 is 2.21 bits per heavy atom. The average molecular weight is 281 g/mol. The fourth-order valence-electron chi connectivity index (χ4n) is 1.89. The molecule has 1 aromatic rings. The van der Waals surface area contributed by atoms with Crippen LogP contribution in [0.25, 0.3) is 0 Å². The number of carboxylic acids is 1. The van der Waals surface area contributed by atoms with Gasteiger partial charge in [0.1, 0.15) is 6.07 Å². The summed E-state index contributed by atoms with van der Waals surface area (Å²) >= 11 is 5.98. The molecule has 0 unspecified atom stereocenters. The van der Waals surface area contributed by atoms with Crippen LogP contribution in [0.1, 0.15) is 32.3 Å². The van der Waals surface area contributed by atoms with E-state index in [0.717, 1.165) is 5.69 Å². The molecule has 0 fully saturated rings. The molecular weight excluding hydrogens is 264 g/mol. The number of carboxylic acid groups (broad SMARTS) is 1. The van der Waals surface area contributed by atoms with Gasteiger partial charge in [-0.25, -0.2) is 0 Å². The quantitative estimate of drug-likeness (QED) is 0.868. The Labute approximate surface area is 118 Å². The van der Waals surface area contributed by atoms with Crippen molar-refractivity contribution in [3.8, 4) is 6.07 Å². The summed E-state index contributed by atoms with van der Waals surface area (Å²) in [5, 5.41) is 18.4. The lowest BCUT2D eigenvalue weighted by atomic mass is 10.1. The maximum Gasteiger partial charge on any atom is 0.303 e. The first-order chi connectivity index (χ1) is 8.95. The standard InChI is InChI=1S/C14H17ClN2O2/c1-10(2)17(7-3-4-14(18)19)13-8-12(15)6-5-11(13)9-16/h5-6,8,10H,3-4,7H2,1-2H3,(H,18,19). The third kappa shape index (κ3) is 4.46. The third-order valence-electron chi connectivity index (χ3n) is 2.80. The second-order valence-corrected chi connectivity index (χ2v) is 4.99. The third-order valence-corrected chi connectivity index (χ3v) is 3.04. The van der Waals surface area contributed by atoms with Crippen LogP contribution in [-0.2, 0) is 4.79 Å². The first-order valence-corrected chi connectivity index (χ1v) is 6.51. The van der Waals surface area contributed by atoms with E-state index in [1.54, 1.807) is 18.2 Å². The van der Waals surface area contributed by atoms with Gasteiger partial charge in [0.15, 0.2) is 0 Å². The number of benzene rings is 1. The maximum absolute atomic E-state index is 10.6. The molecule has 1 N–H and O–H groups in total. The van der Waals surface area contributed by atoms with Gasteiger partial charge in [-0.3, -0.25) is 4.79 Å². The number of aliphatic carboxylic acids is 1. The van der Waals surface area contributed by atoms with E-state index in [9.17, 15) is 4.79 Å². The molecule has 1 aromatic carbocycles. The normalized spacial score (nSPS) is 10.3. The van der Waals surface area contributed by atoms with Crippen molar-refractivity contribution in [3.05, 3.63) is 28.8 Å². The molecule has 102 valence electrons. The molecular formula is C14H17ClN2O2. The predicted octanol–water partition coefficient (Wildman–Crippen LogP) is 3.29. The number of anilines is 1. The molecule has 0 spiro atoms. The Hall–Kier alpha value is -1.73. The van der Waals surface area contributed by atoms with Gasteiger partial charge in [-0.05, 0) is 38.5 Å². The SMILES string of the molecule is CC(C)N(CCCC(=O)O)c1cc(Cl)ccc1C#N. The molecule has 0 aliphatic heterocycles. The number of hydrogen-bond donors (Lipinski definition) is 1. The fourth-order valence-corrected chi connectivity index (χ4v) is 2.06. The van der Waals surface area contributed by atoms with Gasteiger partial charge in [0.2, 0.25) is 0 Å². The monoisotopic (exact) mass is 280 g/mol. The van der Waals surface area contributed by atoms with Gasteiger partial charge in [0.05, 0.1) is 11.3 Å². The zero-order valence-corrected chi connectivity index (χ0v) is 11.8. The van der Waals surface area contributed by atoms with Crippen molar-refractivity contribution in [1.29, 1.82) is 5.26 Å². The molecule has 1 rings (SSSR count). The summed E-state index contributed by atoms with van der Waals surface area (Å²) in [5.41, 5.74) is 1.31. The number of hydrogen-bond acceptors (Lipinski definition) is 3. The van der Waals surface area contributed by atoms with E-state index in [1.807, 2.05) is 18.7 Å². The van der Waals surface area contributed by atoms with Crippen molar-refractivity contribution < 1.29 is 9.90 Å². The summed E-state index contributed by atoms with van der Waals surface area (Å²) in [5.74, 6) is -0.810. The minimum atomic E-state index is -0.810. The smallest absolute Gasteiger partial charge is 0.303 e. The maximum atomic E-state index is 10.6. The van der Waals surface area contributed by atoms with Gasteiger partial charge >= 0.3 is 5.97 Å². The second-order valence-electron chi connectivity index (χ2n) is 4.56. The molecule has 0 radical (unpaired) electrons. The molecule has 19 heavy (non-hydrogen) atoms. The molecule has 0 saturated carbocycles. The molecule has 0 aliphatic carbocycles. The Kier molecular flexibility index (Phi) is 5.65. The van der Waals surface area contributed by atoms with Crippen LogP contribution in [0, 0.1) is 11.3 Å². The zero-order valence-electron chi connectivity index (χ0n) is 11.1. The Balaban J connectivity index is 2.96. The summed E-state index contributed by atoms with van der Waals surface area (Å²) < 4.78 is 0. The summed E-state index contributed by atoms with van der Waals surface area (Å²) in [4.78, 5) is 12.6. The molecule has 0 heterocycles. The molecule has 0 bridgehead atoms. The van der Waals surface area contributed by atoms with Crippen LogP contribution in [0.4, 0.5) is 5.69 Å². The van der Waals surface area contributed by atoms with Crippen molar-refractivity contribution in [2.75, 3.05) is 11.4 Å². The summed E-state index contributed by atoms with van der Waals surface area (Å²) in [6.07, 6.45) is 0.649. The van der Waals surface area contributed by atoms with Crippen molar-refractivity contribution in [3.63, 3.8) is 0 Å². The lowest BCUT2D eigenvalue weighted by Gasteiger charge is -2.29. The predicted molar refractivity (Wildman–Crippen MR) is 75.5 cm³/mol. The van der Waals surface area contributed by atoms with Gasteiger partial charge in [-0.15, -0.1) is 0 Å². The van der Waals surface area contributed by atoms with Crippen LogP contribution in [0.5, 0.6) is 0 Å². The Morgan fingerprint density at radius 1 is 1.53 bits per heavy atom. The molecule has 0 aliphatic rings. The summed E-state index contributed by atoms with van der Waals surface area (Å²) in [7, 11) is 0. The van der Waals surface area contributed by atoms with E-state index >= 15 is 0 Å². The van der Waals surface area contributed by atoms with Crippen molar-refractivity contribution >= 4 is 23.3 Å². The molecule has 0 amide bonds. The van der Waals surface area contributed by atoms with Gasteiger partial charge in [0.25, 0.3) is 0 Å². The van der Waals surface area contributed by atoms with Crippen LogP contribution >= 0.6 is 11.6 Å². The van der Waals surface area contributed by atoms with Gasteiger partial charge in [0, 0.05) is 24.0 Å². The molecule has 5 heteroatoms. The highest BCUT2D eigenvalue weighted by atomic mass is 35.5. The number of halogens is 1.